The molecule has 100 valence electrons. The van der Waals surface area contributed by atoms with Gasteiger partial charge in [0.2, 0.25) is 0 Å². The van der Waals surface area contributed by atoms with Crippen LogP contribution in [-0.2, 0) is 4.74 Å². The molecule has 6 heteroatoms. The average Bonchev–Trinajstić information content (AvgIpc) is 2.41. The van der Waals surface area contributed by atoms with Gasteiger partial charge in [-0.05, 0) is 6.92 Å². The number of morpholine rings is 1. The normalized spacial score (nSPS) is 16.5. The summed E-state index contributed by atoms with van der Waals surface area (Å²) in [6, 6.07) is 0. The van der Waals surface area contributed by atoms with E-state index in [1.54, 1.807) is 12.4 Å². The van der Waals surface area contributed by atoms with Gasteiger partial charge in [-0.1, -0.05) is 0 Å². The fraction of sp³-hybridized carbons (Fsp3) is 0.667. The minimum atomic E-state index is 0.814. The molecule has 18 heavy (non-hydrogen) atoms. The highest BCUT2D eigenvalue weighted by Crippen LogP contribution is 2.06. The monoisotopic (exact) mass is 251 g/mol. The van der Waals surface area contributed by atoms with E-state index in [2.05, 4.69) is 25.5 Å². The van der Waals surface area contributed by atoms with E-state index >= 15 is 0 Å². The number of hydrogen-bond acceptors (Lipinski definition) is 6. The molecular formula is C12H21N5O. The molecule has 6 nitrogen and oxygen atoms in total. The van der Waals surface area contributed by atoms with E-state index in [-0.39, 0.29) is 0 Å². The minimum absolute atomic E-state index is 0.814. The Bertz CT molecular complexity index is 354. The van der Waals surface area contributed by atoms with Crippen LogP contribution in [0.3, 0.4) is 0 Å². The highest BCUT2D eigenvalue weighted by atomic mass is 16.5. The highest BCUT2D eigenvalue weighted by Gasteiger charge is 2.09. The Hall–Kier alpha value is -1.40. The Labute approximate surface area is 108 Å². The maximum Gasteiger partial charge on any atom is 0.147 e. The molecule has 1 saturated heterocycles. The fourth-order valence-corrected chi connectivity index (χ4v) is 1.88. The van der Waals surface area contributed by atoms with E-state index in [0.29, 0.717) is 0 Å². The predicted octanol–water partition coefficient (Wildman–Crippen LogP) is 0.652. The van der Waals surface area contributed by atoms with Gasteiger partial charge in [-0.25, -0.2) is 4.98 Å². The van der Waals surface area contributed by atoms with Gasteiger partial charge < -0.3 is 15.4 Å². The van der Waals surface area contributed by atoms with Crippen LogP contribution in [0.25, 0.3) is 0 Å². The van der Waals surface area contributed by atoms with Crippen LogP contribution >= 0.6 is 0 Å². The largest absolute Gasteiger partial charge is 0.379 e. The molecule has 1 aromatic rings. The van der Waals surface area contributed by atoms with E-state index in [1.807, 2.05) is 6.92 Å². The summed E-state index contributed by atoms with van der Waals surface area (Å²) in [4.78, 5) is 11.0. The van der Waals surface area contributed by atoms with Crippen LogP contribution in [0.15, 0.2) is 12.4 Å². The summed E-state index contributed by atoms with van der Waals surface area (Å²) in [5.41, 5.74) is 0. The smallest absolute Gasteiger partial charge is 0.147 e. The molecule has 2 N–H and O–H groups in total. The van der Waals surface area contributed by atoms with Crippen LogP contribution in [0.2, 0.25) is 0 Å². The highest BCUT2D eigenvalue weighted by molar-refractivity contribution is 5.41. The van der Waals surface area contributed by atoms with Gasteiger partial charge in [0.25, 0.3) is 0 Å². The van der Waals surface area contributed by atoms with Crippen molar-refractivity contribution in [1.82, 2.24) is 14.9 Å². The van der Waals surface area contributed by atoms with Gasteiger partial charge in [0.05, 0.1) is 25.6 Å². The molecule has 1 fully saturated rings. The van der Waals surface area contributed by atoms with Gasteiger partial charge in [0, 0.05) is 32.7 Å². The molecule has 2 rings (SSSR count). The number of ether oxygens (including phenoxy) is 1. The fourth-order valence-electron chi connectivity index (χ4n) is 1.88. The molecule has 2 heterocycles. The summed E-state index contributed by atoms with van der Waals surface area (Å²) in [7, 11) is 0. The number of aromatic nitrogens is 2. The third kappa shape index (κ3) is 4.12. The van der Waals surface area contributed by atoms with Crippen molar-refractivity contribution < 1.29 is 4.74 Å². The predicted molar refractivity (Wildman–Crippen MR) is 71.9 cm³/mol. The molecule has 1 aliphatic rings. The number of nitrogens with one attached hydrogen (secondary N) is 2. The molecule has 0 unspecified atom stereocenters. The van der Waals surface area contributed by atoms with Crippen molar-refractivity contribution in [3.05, 3.63) is 12.4 Å². The molecule has 1 aromatic heterocycles. The lowest BCUT2D eigenvalue weighted by molar-refractivity contribution is 0.0398. The summed E-state index contributed by atoms with van der Waals surface area (Å²) in [5, 5.41) is 6.44. The second-order valence-corrected chi connectivity index (χ2v) is 4.20. The lowest BCUT2D eigenvalue weighted by atomic mass is 10.4. The molecule has 0 saturated carbocycles. The van der Waals surface area contributed by atoms with Crippen molar-refractivity contribution >= 4 is 11.6 Å². The molecule has 0 radical (unpaired) electrons. The first kappa shape index (κ1) is 13.0. The molecular weight excluding hydrogens is 230 g/mol. The number of hydrogen-bond donors (Lipinski definition) is 2. The van der Waals surface area contributed by atoms with Crippen molar-refractivity contribution in [1.29, 1.82) is 0 Å². The third-order valence-electron chi connectivity index (χ3n) is 2.83. The van der Waals surface area contributed by atoms with Crippen LogP contribution in [0, 0.1) is 0 Å². The van der Waals surface area contributed by atoms with Gasteiger partial charge >= 0.3 is 0 Å². The molecule has 0 spiro atoms. The Morgan fingerprint density at radius 3 is 2.67 bits per heavy atom. The average molecular weight is 251 g/mol. The summed E-state index contributed by atoms with van der Waals surface area (Å²) in [6.07, 6.45) is 3.48. The molecule has 0 aromatic carbocycles. The van der Waals surface area contributed by atoms with Gasteiger partial charge in [0.1, 0.15) is 11.6 Å². The van der Waals surface area contributed by atoms with E-state index in [1.165, 1.54) is 0 Å². The SMILES string of the molecule is CCNc1cncc(NCCN2CCOCC2)n1. The summed E-state index contributed by atoms with van der Waals surface area (Å²) in [5.74, 6) is 1.63. The van der Waals surface area contributed by atoms with Crippen molar-refractivity contribution in [2.75, 3.05) is 56.6 Å². The number of nitrogens with zero attached hydrogens (tertiary/aromatic N) is 3. The second kappa shape index (κ2) is 7.13. The van der Waals surface area contributed by atoms with Crippen molar-refractivity contribution in [2.45, 2.75) is 6.92 Å². The molecule has 0 bridgehead atoms. The Balaban J connectivity index is 1.73. The lowest BCUT2D eigenvalue weighted by Gasteiger charge is -2.26. The van der Waals surface area contributed by atoms with Gasteiger partial charge in [0.15, 0.2) is 0 Å². The molecule has 0 aliphatic carbocycles. The zero-order chi connectivity index (χ0) is 12.6. The van der Waals surface area contributed by atoms with Crippen molar-refractivity contribution in [3.63, 3.8) is 0 Å². The number of anilines is 2. The maximum absolute atomic E-state index is 5.31. The number of rotatable bonds is 6. The van der Waals surface area contributed by atoms with Crippen LogP contribution < -0.4 is 10.6 Å². The zero-order valence-electron chi connectivity index (χ0n) is 10.9. The van der Waals surface area contributed by atoms with E-state index in [9.17, 15) is 0 Å². The first-order chi connectivity index (χ1) is 8.88. The zero-order valence-corrected chi connectivity index (χ0v) is 10.9. The van der Waals surface area contributed by atoms with E-state index < -0.39 is 0 Å². The van der Waals surface area contributed by atoms with Crippen LogP contribution in [0.4, 0.5) is 11.6 Å². The van der Waals surface area contributed by atoms with Crippen molar-refractivity contribution in [2.24, 2.45) is 0 Å². The van der Waals surface area contributed by atoms with E-state index in [0.717, 1.165) is 57.6 Å². The first-order valence-corrected chi connectivity index (χ1v) is 6.48. The molecule has 1 aliphatic heterocycles. The summed E-state index contributed by atoms with van der Waals surface area (Å²) >= 11 is 0. The summed E-state index contributed by atoms with van der Waals surface area (Å²) < 4.78 is 5.31. The third-order valence-corrected chi connectivity index (χ3v) is 2.83. The minimum Gasteiger partial charge on any atom is -0.379 e. The Kier molecular flexibility index (Phi) is 5.16. The van der Waals surface area contributed by atoms with Crippen LogP contribution in [0.1, 0.15) is 6.92 Å². The topological polar surface area (TPSA) is 62.3 Å². The Morgan fingerprint density at radius 2 is 1.94 bits per heavy atom. The van der Waals surface area contributed by atoms with Crippen LogP contribution in [0.5, 0.6) is 0 Å². The first-order valence-electron chi connectivity index (χ1n) is 6.48. The molecule has 0 atom stereocenters. The van der Waals surface area contributed by atoms with Crippen LogP contribution in [-0.4, -0.2) is 60.8 Å². The Morgan fingerprint density at radius 1 is 1.22 bits per heavy atom. The lowest BCUT2D eigenvalue weighted by Crippen LogP contribution is -2.39. The summed E-state index contributed by atoms with van der Waals surface area (Å²) in [6.45, 7) is 8.51. The molecule has 0 amide bonds. The van der Waals surface area contributed by atoms with Gasteiger partial charge in [-0.2, -0.15) is 0 Å². The second-order valence-electron chi connectivity index (χ2n) is 4.20. The standard InChI is InChI=1S/C12H21N5O/c1-2-14-11-9-13-10-12(16-11)15-3-4-17-5-7-18-8-6-17/h9-10H,2-8H2,1H3,(H2,14,15,16). The van der Waals surface area contributed by atoms with E-state index in [4.69, 9.17) is 4.74 Å². The quantitative estimate of drug-likeness (QED) is 0.774. The van der Waals surface area contributed by atoms with Crippen molar-refractivity contribution in [3.8, 4) is 0 Å². The maximum atomic E-state index is 5.31. The van der Waals surface area contributed by atoms with Gasteiger partial charge in [-0.15, -0.1) is 0 Å². The van der Waals surface area contributed by atoms with Gasteiger partial charge in [-0.3, -0.25) is 9.88 Å².